The van der Waals surface area contributed by atoms with Crippen molar-refractivity contribution in [2.45, 2.75) is 144 Å². The molecule has 1 unspecified atom stereocenters. The number of hydrogen-bond acceptors (Lipinski definition) is 4. The van der Waals surface area contributed by atoms with E-state index in [-0.39, 0.29) is 17.0 Å². The van der Waals surface area contributed by atoms with Crippen molar-refractivity contribution in [3.05, 3.63) is 9.67 Å². The van der Waals surface area contributed by atoms with Crippen molar-refractivity contribution in [3.63, 3.8) is 0 Å². The van der Waals surface area contributed by atoms with E-state index >= 15 is 0 Å². The van der Waals surface area contributed by atoms with Gasteiger partial charge < -0.3 is 0 Å². The molecule has 0 aromatic carbocycles. The number of rotatable bonds is 13. The molecule has 5 nitrogen and oxygen atoms in total. The first kappa shape index (κ1) is 32.7. The van der Waals surface area contributed by atoms with Crippen LogP contribution in [0.5, 0.6) is 0 Å². The van der Waals surface area contributed by atoms with Gasteiger partial charge in [-0.1, -0.05) is 0 Å². The maximum atomic E-state index is 13.4. The van der Waals surface area contributed by atoms with Crippen molar-refractivity contribution in [2.75, 3.05) is 6.61 Å². The Balaban J connectivity index is 3.54. The molecule has 35 heavy (non-hydrogen) atoms. The normalized spacial score (nSPS) is 17.7. The van der Waals surface area contributed by atoms with Crippen LogP contribution in [0.3, 0.4) is 0 Å². The van der Waals surface area contributed by atoms with E-state index in [0.29, 0.717) is 6.61 Å². The molecule has 0 aromatic rings. The van der Waals surface area contributed by atoms with Crippen LogP contribution in [0.25, 0.3) is 0 Å². The van der Waals surface area contributed by atoms with Crippen molar-refractivity contribution in [1.82, 2.24) is 4.90 Å². The molecule has 0 saturated carbocycles. The molecule has 1 heterocycles. The van der Waals surface area contributed by atoms with Gasteiger partial charge >= 0.3 is 223 Å². The Bertz CT molecular complexity index is 714. The summed E-state index contributed by atoms with van der Waals surface area (Å²) in [5.41, 5.74) is -0.655. The molecule has 0 bridgehead atoms. The Labute approximate surface area is 221 Å². The molecule has 0 aromatic heterocycles. The third-order valence-corrected chi connectivity index (χ3v) is 28.4. The predicted molar refractivity (Wildman–Crippen MR) is 153 cm³/mol. The van der Waals surface area contributed by atoms with Gasteiger partial charge in [-0.05, 0) is 0 Å². The van der Waals surface area contributed by atoms with E-state index in [1.165, 1.54) is 60.3 Å². The summed E-state index contributed by atoms with van der Waals surface area (Å²) in [6.45, 7) is 23.9. The Kier molecular flexibility index (Phi) is 12.6. The average Bonchev–Trinajstić information content (AvgIpc) is 3.07. The molecule has 0 spiro atoms. The molecule has 0 N–H and O–H groups in total. The van der Waals surface area contributed by atoms with Crippen molar-refractivity contribution in [2.24, 2.45) is 0 Å². The molecule has 1 atom stereocenters. The fourth-order valence-corrected chi connectivity index (χ4v) is 22.9. The molecule has 7 heteroatoms. The van der Waals surface area contributed by atoms with E-state index in [0.717, 1.165) is 0 Å². The maximum absolute atomic E-state index is 13.4. The number of carbonyl (C=O) groups excluding carboxylic acids is 2. The second-order valence-electron chi connectivity index (χ2n) is 13.0. The molecule has 0 radical (unpaired) electrons. The zero-order chi connectivity index (χ0) is 27.1. The number of nitrogens with zero attached hydrogens (tertiary/aromatic N) is 1. The van der Waals surface area contributed by atoms with Crippen LogP contribution in [0.4, 0.5) is 4.79 Å². The summed E-state index contributed by atoms with van der Waals surface area (Å²) in [4.78, 5) is 28.2. The van der Waals surface area contributed by atoms with Gasteiger partial charge in [0.05, 0.1) is 0 Å². The third-order valence-electron chi connectivity index (χ3n) is 7.82. The van der Waals surface area contributed by atoms with Gasteiger partial charge in [-0.3, -0.25) is 0 Å². The van der Waals surface area contributed by atoms with E-state index in [9.17, 15) is 9.59 Å². The number of carbonyl (C=O) groups is 2. The SMILES string of the molecule is CCC[CH2][Sn]([CH2]CCC)([CH2]CCC)[C]1=CC(=O)N(C(=O)OC(C)(C)C)C1CO[Si](C)(C)C(C)(C)C. The van der Waals surface area contributed by atoms with Gasteiger partial charge in [0.15, 0.2) is 0 Å². The molecule has 0 fully saturated rings. The number of hydrogen-bond donors (Lipinski definition) is 0. The molecular formula is C28H55NO4SiSn. The van der Waals surface area contributed by atoms with Crippen LogP contribution in [0.2, 0.25) is 31.4 Å². The van der Waals surface area contributed by atoms with Crippen LogP contribution >= 0.6 is 0 Å². The van der Waals surface area contributed by atoms with Crippen LogP contribution in [-0.2, 0) is 14.0 Å². The molecule has 1 rings (SSSR count). The minimum absolute atomic E-state index is 0.0588. The molecule has 1 aliphatic heterocycles. The van der Waals surface area contributed by atoms with Crippen LogP contribution in [0, 0.1) is 0 Å². The standard InChI is InChI=1S/C16H28NO4Si.3C4H9.Sn/c1-15(2,3)21-14(19)17-12(9-10-13(17)18)11-20-22(7,8)16(4,5)6;3*1-3-4-2;/h10,12H,11H2,1-8H3;3*1,3-4H2,2H3;. The Morgan fingerprint density at radius 3 is 1.77 bits per heavy atom. The zero-order valence-electron chi connectivity index (χ0n) is 24.8. The summed E-state index contributed by atoms with van der Waals surface area (Å²) >= 11 is -2.97. The van der Waals surface area contributed by atoms with Gasteiger partial charge in [-0.2, -0.15) is 0 Å². The van der Waals surface area contributed by atoms with E-state index in [1.54, 1.807) is 0 Å². The van der Waals surface area contributed by atoms with Gasteiger partial charge in [0.2, 0.25) is 0 Å². The van der Waals surface area contributed by atoms with Crippen LogP contribution < -0.4 is 0 Å². The first-order valence-electron chi connectivity index (χ1n) is 14.0. The minimum atomic E-state index is -2.97. The second kappa shape index (κ2) is 13.5. The summed E-state index contributed by atoms with van der Waals surface area (Å²) in [5, 5.41) is 0.0588. The average molecular weight is 617 g/mol. The van der Waals surface area contributed by atoms with Crippen LogP contribution in [0.1, 0.15) is 101 Å². The summed E-state index contributed by atoms with van der Waals surface area (Å²) in [6.07, 6.45) is 8.45. The van der Waals surface area contributed by atoms with Gasteiger partial charge in [-0.15, -0.1) is 0 Å². The van der Waals surface area contributed by atoms with Gasteiger partial charge in [0, 0.05) is 0 Å². The molecule has 1 aliphatic rings. The quantitative estimate of drug-likeness (QED) is 0.195. The Morgan fingerprint density at radius 1 is 0.943 bits per heavy atom. The molecule has 204 valence electrons. The first-order valence-corrected chi connectivity index (χ1v) is 24.4. The van der Waals surface area contributed by atoms with E-state index in [1.807, 2.05) is 26.8 Å². The number of unbranched alkanes of at least 4 members (excludes halogenated alkanes) is 3. The van der Waals surface area contributed by atoms with Crippen LogP contribution in [0.15, 0.2) is 9.67 Å². The molecule has 0 saturated heterocycles. The first-order chi connectivity index (χ1) is 16.0. The van der Waals surface area contributed by atoms with Crippen molar-refractivity contribution < 1.29 is 18.8 Å². The summed E-state index contributed by atoms with van der Waals surface area (Å²) in [5.74, 6) is -0.205. The van der Waals surface area contributed by atoms with Crippen molar-refractivity contribution in [1.29, 1.82) is 0 Å². The number of ether oxygens (including phenoxy) is 1. The fourth-order valence-electron chi connectivity index (χ4n) is 4.65. The third kappa shape index (κ3) is 9.17. The number of amides is 2. The Morgan fingerprint density at radius 2 is 1.40 bits per heavy atom. The predicted octanol–water partition coefficient (Wildman–Crippen LogP) is 8.47. The Hall–Kier alpha value is -0.344. The van der Waals surface area contributed by atoms with Crippen molar-refractivity contribution in [3.8, 4) is 0 Å². The van der Waals surface area contributed by atoms with Gasteiger partial charge in [-0.25, -0.2) is 0 Å². The summed E-state index contributed by atoms with van der Waals surface area (Å²) in [6, 6.07) is -0.312. The topological polar surface area (TPSA) is 55.8 Å². The fraction of sp³-hybridized carbons (Fsp3) is 0.857. The summed E-state index contributed by atoms with van der Waals surface area (Å²) < 4.78 is 17.5. The van der Waals surface area contributed by atoms with Gasteiger partial charge in [0.25, 0.3) is 0 Å². The van der Waals surface area contributed by atoms with Crippen LogP contribution in [-0.4, -0.2) is 61.8 Å². The zero-order valence-corrected chi connectivity index (χ0v) is 28.7. The van der Waals surface area contributed by atoms with E-state index in [4.69, 9.17) is 9.16 Å². The van der Waals surface area contributed by atoms with E-state index in [2.05, 4.69) is 54.6 Å². The monoisotopic (exact) mass is 617 g/mol. The molecular weight excluding hydrogens is 561 g/mol. The molecule has 2 amide bonds. The summed E-state index contributed by atoms with van der Waals surface area (Å²) in [7, 11) is -2.06. The van der Waals surface area contributed by atoms with E-state index < -0.39 is 38.4 Å². The molecule has 0 aliphatic carbocycles. The second-order valence-corrected chi connectivity index (χ2v) is 31.0. The number of imide groups is 1. The van der Waals surface area contributed by atoms with Gasteiger partial charge in [0.1, 0.15) is 0 Å². The van der Waals surface area contributed by atoms with Crippen molar-refractivity contribution >= 4 is 38.7 Å².